The molecule has 0 bridgehead atoms. The van der Waals surface area contributed by atoms with Crippen molar-refractivity contribution in [2.45, 2.75) is 32.2 Å². The van der Waals surface area contributed by atoms with Crippen molar-refractivity contribution in [1.29, 1.82) is 0 Å². The van der Waals surface area contributed by atoms with Gasteiger partial charge in [0.1, 0.15) is 5.82 Å². The Labute approximate surface area is 168 Å². The molecule has 3 heterocycles. The van der Waals surface area contributed by atoms with E-state index in [1.54, 1.807) is 4.57 Å². The highest BCUT2D eigenvalue weighted by atomic mass is 127. The molecule has 0 fully saturated rings. The number of anilines is 1. The van der Waals surface area contributed by atoms with Crippen molar-refractivity contribution in [3.05, 3.63) is 32.9 Å². The minimum atomic E-state index is -0.923. The molecule has 4 rings (SSSR count). The highest BCUT2D eigenvalue weighted by molar-refractivity contribution is 14.1. The zero-order valence-corrected chi connectivity index (χ0v) is 16.6. The molecule has 1 aliphatic carbocycles. The van der Waals surface area contributed by atoms with E-state index in [-0.39, 0.29) is 30.3 Å². The van der Waals surface area contributed by atoms with Crippen LogP contribution in [0.15, 0.2) is 21.0 Å². The van der Waals surface area contributed by atoms with E-state index in [4.69, 9.17) is 16.2 Å². The number of ether oxygens (including phenoxy) is 1. The van der Waals surface area contributed by atoms with Crippen molar-refractivity contribution in [1.82, 2.24) is 19.5 Å². The van der Waals surface area contributed by atoms with Gasteiger partial charge in [-0.3, -0.25) is 4.79 Å². The summed E-state index contributed by atoms with van der Waals surface area (Å²) in [6, 6.07) is 0. The predicted molar refractivity (Wildman–Crippen MR) is 105 cm³/mol. The lowest BCUT2D eigenvalue weighted by molar-refractivity contribution is -0.118. The summed E-state index contributed by atoms with van der Waals surface area (Å²) in [4.78, 5) is 23.2. The molecule has 0 saturated carbocycles. The number of nitrogens with two attached hydrogens (primary N) is 2. The molecule has 8 nitrogen and oxygen atoms in total. The Kier molecular flexibility index (Phi) is 4.74. The summed E-state index contributed by atoms with van der Waals surface area (Å²) in [5.74, 6) is 1.42. The fourth-order valence-corrected chi connectivity index (χ4v) is 4.32. The van der Waals surface area contributed by atoms with Gasteiger partial charge in [0.15, 0.2) is 17.0 Å². The topological polar surface area (TPSA) is 122 Å². The second-order valence-corrected chi connectivity index (χ2v) is 7.87. The van der Waals surface area contributed by atoms with Gasteiger partial charge in [-0.1, -0.05) is 0 Å². The fraction of sp³-hybridized carbons (Fsp3) is 0.412. The van der Waals surface area contributed by atoms with E-state index in [1.807, 2.05) is 0 Å². The quantitative estimate of drug-likeness (QED) is 0.495. The number of hydrogen-bond acceptors (Lipinski definition) is 6. The normalized spacial score (nSPS) is 19.2. The van der Waals surface area contributed by atoms with Crippen molar-refractivity contribution in [3.63, 3.8) is 0 Å². The SMILES string of the molecule is NC(=O)CCn1c(CC2CC3=C(C=C2I)CCO3)nc2c(N)nc(F)nc21. The standard InChI is InChI=1S/C17H18FIN6O2/c18-17-23-15(21)14-16(24-17)25(3-1-12(20)26)13(22-14)7-9-6-11-8(2-4-27-11)5-10(9)19/h5,9H,1-4,6-7H2,(H2,20,26)(H2,21,23,24). The molecule has 0 radical (unpaired) electrons. The third kappa shape index (κ3) is 3.49. The van der Waals surface area contributed by atoms with Gasteiger partial charge in [-0.25, -0.2) is 4.98 Å². The predicted octanol–water partition coefficient (Wildman–Crippen LogP) is 1.98. The van der Waals surface area contributed by atoms with Crippen molar-refractivity contribution >= 4 is 45.5 Å². The van der Waals surface area contributed by atoms with E-state index in [1.165, 1.54) is 9.15 Å². The molecular weight excluding hydrogens is 466 g/mol. The Morgan fingerprint density at radius 1 is 1.41 bits per heavy atom. The Morgan fingerprint density at radius 3 is 3.00 bits per heavy atom. The fourth-order valence-electron chi connectivity index (χ4n) is 3.51. The van der Waals surface area contributed by atoms with Crippen LogP contribution in [0.1, 0.15) is 25.1 Å². The van der Waals surface area contributed by atoms with Gasteiger partial charge >= 0.3 is 6.08 Å². The molecule has 1 atom stereocenters. The molecule has 0 aromatic carbocycles. The molecule has 2 aromatic rings. The number of imidazole rings is 1. The van der Waals surface area contributed by atoms with Crippen molar-refractivity contribution in [2.24, 2.45) is 11.7 Å². The Balaban J connectivity index is 1.70. The first kappa shape index (κ1) is 18.1. The van der Waals surface area contributed by atoms with Gasteiger partial charge < -0.3 is 20.8 Å². The number of aromatic nitrogens is 4. The molecule has 0 spiro atoms. The second kappa shape index (κ2) is 7.06. The van der Waals surface area contributed by atoms with Crippen molar-refractivity contribution in [3.8, 4) is 0 Å². The number of aryl methyl sites for hydroxylation is 1. The van der Waals surface area contributed by atoms with Crippen LogP contribution in [0.5, 0.6) is 0 Å². The lowest BCUT2D eigenvalue weighted by atomic mass is 9.92. The number of nitrogen functional groups attached to an aromatic ring is 1. The third-order valence-electron chi connectivity index (χ3n) is 4.82. The largest absolute Gasteiger partial charge is 0.497 e. The summed E-state index contributed by atoms with van der Waals surface area (Å²) in [5, 5.41) is 0. The number of rotatable bonds is 5. The van der Waals surface area contributed by atoms with Gasteiger partial charge in [0.25, 0.3) is 0 Å². The molecule has 10 heteroatoms. The average Bonchev–Trinajstić information content (AvgIpc) is 3.17. The minimum Gasteiger partial charge on any atom is -0.497 e. The molecule has 0 saturated heterocycles. The number of amides is 1. The van der Waals surface area contributed by atoms with Crippen LogP contribution in [0.2, 0.25) is 0 Å². The number of carbonyl (C=O) groups excluding carboxylic acids is 1. The number of halogens is 2. The van der Waals surface area contributed by atoms with Crippen molar-refractivity contribution in [2.75, 3.05) is 12.3 Å². The summed E-state index contributed by atoms with van der Waals surface area (Å²) in [6.45, 7) is 0.981. The smallest absolute Gasteiger partial charge is 0.312 e. The summed E-state index contributed by atoms with van der Waals surface area (Å²) in [5.41, 5.74) is 13.0. The Hall–Kier alpha value is -2.24. The number of allylic oxidation sites excluding steroid dienone is 3. The zero-order valence-electron chi connectivity index (χ0n) is 14.4. The number of carbonyl (C=O) groups is 1. The molecule has 27 heavy (non-hydrogen) atoms. The molecule has 4 N–H and O–H groups in total. The number of hydrogen-bond donors (Lipinski definition) is 2. The van der Waals surface area contributed by atoms with E-state index in [2.05, 4.69) is 43.6 Å². The van der Waals surface area contributed by atoms with Gasteiger partial charge in [0, 0.05) is 38.1 Å². The second-order valence-electron chi connectivity index (χ2n) is 6.63. The van der Waals surface area contributed by atoms with Gasteiger partial charge in [-0.15, -0.1) is 0 Å². The number of fused-ring (bicyclic) bond motifs is 1. The third-order valence-corrected chi connectivity index (χ3v) is 6.02. The highest BCUT2D eigenvalue weighted by Crippen LogP contribution is 2.39. The molecular formula is C17H18FIN6O2. The average molecular weight is 484 g/mol. The van der Waals surface area contributed by atoms with Crippen LogP contribution >= 0.6 is 22.6 Å². The van der Waals surface area contributed by atoms with Crippen molar-refractivity contribution < 1.29 is 13.9 Å². The van der Waals surface area contributed by atoms with Crippen LogP contribution in [0.25, 0.3) is 11.2 Å². The van der Waals surface area contributed by atoms with E-state index < -0.39 is 12.0 Å². The Bertz CT molecular complexity index is 999. The van der Waals surface area contributed by atoms with E-state index in [9.17, 15) is 9.18 Å². The molecule has 142 valence electrons. The first-order valence-electron chi connectivity index (χ1n) is 8.60. The maximum Gasteiger partial charge on any atom is 0.312 e. The number of primary amides is 1. The van der Waals surface area contributed by atoms with Crippen LogP contribution < -0.4 is 11.5 Å². The van der Waals surface area contributed by atoms with Gasteiger partial charge in [-0.2, -0.15) is 14.4 Å². The summed E-state index contributed by atoms with van der Waals surface area (Å²) in [7, 11) is 0. The van der Waals surface area contributed by atoms with Crippen LogP contribution in [0.3, 0.4) is 0 Å². The van der Waals surface area contributed by atoms with E-state index in [0.29, 0.717) is 17.8 Å². The highest BCUT2D eigenvalue weighted by Gasteiger charge is 2.28. The van der Waals surface area contributed by atoms with Gasteiger partial charge in [-0.05, 0) is 37.8 Å². The lowest BCUT2D eigenvalue weighted by Gasteiger charge is -2.21. The van der Waals surface area contributed by atoms with Crippen LogP contribution in [0.4, 0.5) is 10.2 Å². The van der Waals surface area contributed by atoms with Gasteiger partial charge in [0.2, 0.25) is 5.91 Å². The lowest BCUT2D eigenvalue weighted by Crippen LogP contribution is -2.18. The van der Waals surface area contributed by atoms with Crippen LogP contribution in [-0.4, -0.2) is 32.0 Å². The van der Waals surface area contributed by atoms with E-state index in [0.717, 1.165) is 25.2 Å². The number of nitrogens with zero attached hydrogens (tertiary/aromatic N) is 4. The van der Waals surface area contributed by atoms with Crippen LogP contribution in [-0.2, 0) is 22.5 Å². The summed E-state index contributed by atoms with van der Waals surface area (Å²) >= 11 is 2.34. The molecule has 2 aliphatic rings. The summed E-state index contributed by atoms with van der Waals surface area (Å²) < 4.78 is 22.3. The molecule has 1 amide bonds. The minimum absolute atomic E-state index is 0.0189. The van der Waals surface area contributed by atoms with Gasteiger partial charge in [0.05, 0.1) is 12.4 Å². The monoisotopic (exact) mass is 484 g/mol. The summed E-state index contributed by atoms with van der Waals surface area (Å²) in [6.07, 6.45) is 3.66. The molecule has 2 aromatic heterocycles. The first-order chi connectivity index (χ1) is 12.9. The maximum atomic E-state index is 13.7. The van der Waals surface area contributed by atoms with E-state index >= 15 is 0 Å². The first-order valence-corrected chi connectivity index (χ1v) is 9.68. The molecule has 1 aliphatic heterocycles. The Morgan fingerprint density at radius 2 is 2.22 bits per heavy atom. The van der Waals surface area contributed by atoms with Crippen LogP contribution in [0, 0.1) is 12.0 Å². The maximum absolute atomic E-state index is 13.7. The zero-order chi connectivity index (χ0) is 19.1. The molecule has 1 unspecified atom stereocenters.